The first-order valence-corrected chi connectivity index (χ1v) is 12.2. The molecule has 9 nitrogen and oxygen atoms in total. The van der Waals surface area contributed by atoms with Gasteiger partial charge in [0, 0.05) is 58.4 Å². The predicted octanol–water partition coefficient (Wildman–Crippen LogP) is 1.53. The number of carbonyl (C=O) groups excluding carboxylic acids is 1. The Morgan fingerprint density at radius 3 is 2.32 bits per heavy atom. The van der Waals surface area contributed by atoms with Crippen molar-refractivity contribution in [2.24, 2.45) is 13.0 Å². The lowest BCUT2D eigenvalue weighted by atomic mass is 9.96. The molecule has 31 heavy (non-hydrogen) atoms. The van der Waals surface area contributed by atoms with Gasteiger partial charge in [0.25, 0.3) is 10.0 Å². The first kappa shape index (κ1) is 22.0. The van der Waals surface area contributed by atoms with Crippen LogP contribution in [0.4, 0.5) is 5.82 Å². The number of pyridine rings is 1. The molecule has 2 saturated heterocycles. The van der Waals surface area contributed by atoms with E-state index in [1.54, 1.807) is 24.6 Å². The number of sulfonamides is 1. The van der Waals surface area contributed by atoms with E-state index in [0.717, 1.165) is 5.82 Å². The molecule has 11 heteroatoms. The Morgan fingerprint density at radius 1 is 1.06 bits per heavy atom. The zero-order chi connectivity index (χ0) is 22.2. The average molecular weight is 467 g/mol. The summed E-state index contributed by atoms with van der Waals surface area (Å²) in [5, 5.41) is 0.529. The number of anilines is 1. The monoisotopic (exact) mass is 466 g/mol. The summed E-state index contributed by atoms with van der Waals surface area (Å²) in [7, 11) is -1.85. The molecule has 2 aromatic heterocycles. The molecule has 0 saturated carbocycles. The van der Waals surface area contributed by atoms with Gasteiger partial charge in [-0.25, -0.2) is 18.4 Å². The maximum Gasteiger partial charge on any atom is 0.262 e. The fourth-order valence-corrected chi connectivity index (χ4v) is 5.77. The molecule has 2 aliphatic heterocycles. The molecule has 0 radical (unpaired) electrons. The van der Waals surface area contributed by atoms with Crippen LogP contribution in [0.1, 0.15) is 18.7 Å². The lowest BCUT2D eigenvalue weighted by molar-refractivity contribution is -0.137. The molecule has 1 amide bonds. The van der Waals surface area contributed by atoms with Crippen LogP contribution in [0.25, 0.3) is 0 Å². The van der Waals surface area contributed by atoms with E-state index in [0.29, 0.717) is 63.1 Å². The van der Waals surface area contributed by atoms with E-state index >= 15 is 0 Å². The van der Waals surface area contributed by atoms with Crippen molar-refractivity contribution < 1.29 is 13.2 Å². The summed E-state index contributed by atoms with van der Waals surface area (Å²) in [6.45, 7) is 5.09. The number of aromatic nitrogens is 3. The molecule has 2 fully saturated rings. The molecule has 0 spiro atoms. The van der Waals surface area contributed by atoms with Gasteiger partial charge in [-0.2, -0.15) is 4.31 Å². The highest BCUT2D eigenvalue weighted by atomic mass is 35.5. The number of hydrogen-bond acceptors (Lipinski definition) is 6. The third kappa shape index (κ3) is 4.56. The van der Waals surface area contributed by atoms with Gasteiger partial charge in [0.2, 0.25) is 5.91 Å². The van der Waals surface area contributed by atoms with Crippen molar-refractivity contribution in [3.05, 3.63) is 35.4 Å². The van der Waals surface area contributed by atoms with E-state index in [2.05, 4.69) is 14.9 Å². The second kappa shape index (κ2) is 8.76. The fraction of sp³-hybridized carbons (Fsp3) is 0.550. The minimum Gasteiger partial charge on any atom is -0.353 e. The van der Waals surface area contributed by atoms with Crippen molar-refractivity contribution in [3.63, 3.8) is 0 Å². The van der Waals surface area contributed by atoms with Crippen molar-refractivity contribution in [3.8, 4) is 0 Å². The molecule has 0 aliphatic carbocycles. The minimum atomic E-state index is -3.63. The van der Waals surface area contributed by atoms with Crippen LogP contribution in [0.5, 0.6) is 0 Å². The Hall–Kier alpha value is -2.17. The second-order valence-electron chi connectivity index (χ2n) is 8.05. The first-order chi connectivity index (χ1) is 14.8. The van der Waals surface area contributed by atoms with E-state index in [-0.39, 0.29) is 16.9 Å². The van der Waals surface area contributed by atoms with Gasteiger partial charge in [-0.15, -0.1) is 0 Å². The molecule has 0 unspecified atom stereocenters. The largest absolute Gasteiger partial charge is 0.353 e. The topological polar surface area (TPSA) is 91.6 Å². The molecule has 0 aromatic carbocycles. The highest BCUT2D eigenvalue weighted by molar-refractivity contribution is 7.89. The molecule has 0 atom stereocenters. The molecule has 2 aromatic rings. The average Bonchev–Trinajstić information content (AvgIpc) is 3.12. The number of carbonyl (C=O) groups is 1. The molecular formula is C20H27ClN6O3S. The Bertz CT molecular complexity index is 1040. The van der Waals surface area contributed by atoms with Crippen molar-refractivity contribution in [2.75, 3.05) is 44.2 Å². The molecule has 2 aliphatic rings. The zero-order valence-corrected chi connectivity index (χ0v) is 19.3. The Kier molecular flexibility index (Phi) is 6.23. The summed E-state index contributed by atoms with van der Waals surface area (Å²) in [5.74, 6) is 1.44. The fourth-order valence-electron chi connectivity index (χ4n) is 4.11. The molecular weight excluding hydrogens is 440 g/mol. The van der Waals surface area contributed by atoms with E-state index in [9.17, 15) is 13.2 Å². The van der Waals surface area contributed by atoms with Crippen LogP contribution in [-0.2, 0) is 21.9 Å². The van der Waals surface area contributed by atoms with Crippen LogP contribution in [0, 0.1) is 12.8 Å². The van der Waals surface area contributed by atoms with Crippen molar-refractivity contribution >= 4 is 33.3 Å². The highest BCUT2D eigenvalue weighted by Crippen LogP contribution is 2.26. The van der Waals surface area contributed by atoms with Crippen molar-refractivity contribution in [2.45, 2.75) is 24.8 Å². The summed E-state index contributed by atoms with van der Waals surface area (Å²) in [4.78, 5) is 25.5. The van der Waals surface area contributed by atoms with E-state index in [1.165, 1.54) is 10.5 Å². The quantitative estimate of drug-likeness (QED) is 0.634. The van der Waals surface area contributed by atoms with Crippen LogP contribution in [0.15, 0.2) is 29.4 Å². The molecule has 168 valence electrons. The lowest BCUT2D eigenvalue weighted by Crippen LogP contribution is -2.52. The number of hydrogen-bond donors (Lipinski definition) is 0. The maximum absolute atomic E-state index is 13.0. The van der Waals surface area contributed by atoms with Gasteiger partial charge in [0.1, 0.15) is 16.8 Å². The molecule has 0 N–H and O–H groups in total. The van der Waals surface area contributed by atoms with Crippen LogP contribution in [0.2, 0.25) is 5.15 Å². The number of nitrogens with zero attached hydrogens (tertiary/aromatic N) is 6. The van der Waals surface area contributed by atoms with Crippen LogP contribution in [0.3, 0.4) is 0 Å². The van der Waals surface area contributed by atoms with Gasteiger partial charge in [0.05, 0.1) is 0 Å². The number of halogens is 1. The number of piperazine rings is 1. The van der Waals surface area contributed by atoms with E-state index in [4.69, 9.17) is 11.6 Å². The van der Waals surface area contributed by atoms with Crippen molar-refractivity contribution in [1.82, 2.24) is 23.7 Å². The van der Waals surface area contributed by atoms with E-state index < -0.39 is 10.0 Å². The zero-order valence-electron chi connectivity index (χ0n) is 17.7. The lowest BCUT2D eigenvalue weighted by Gasteiger charge is -2.38. The number of amides is 1. The number of rotatable bonds is 4. The summed E-state index contributed by atoms with van der Waals surface area (Å²) in [6.07, 6.45) is 2.59. The second-order valence-corrected chi connectivity index (χ2v) is 10.3. The summed E-state index contributed by atoms with van der Waals surface area (Å²) >= 11 is 5.98. The van der Waals surface area contributed by atoms with Gasteiger partial charge in [-0.1, -0.05) is 17.7 Å². The van der Waals surface area contributed by atoms with Gasteiger partial charge in [0.15, 0.2) is 5.03 Å². The van der Waals surface area contributed by atoms with Crippen LogP contribution >= 0.6 is 11.6 Å². The third-order valence-corrected chi connectivity index (χ3v) is 8.09. The first-order valence-electron chi connectivity index (χ1n) is 10.4. The highest BCUT2D eigenvalue weighted by Gasteiger charge is 2.35. The predicted molar refractivity (Wildman–Crippen MR) is 117 cm³/mol. The van der Waals surface area contributed by atoms with Gasteiger partial charge in [-0.3, -0.25) is 4.79 Å². The van der Waals surface area contributed by atoms with Crippen LogP contribution < -0.4 is 4.90 Å². The Labute approximate surface area is 187 Å². The molecule has 4 heterocycles. The molecule has 0 bridgehead atoms. The minimum absolute atomic E-state index is 0.0722. The summed E-state index contributed by atoms with van der Waals surface area (Å²) < 4.78 is 28.9. The van der Waals surface area contributed by atoms with Gasteiger partial charge < -0.3 is 14.4 Å². The summed E-state index contributed by atoms with van der Waals surface area (Å²) in [6, 6.07) is 5.53. The van der Waals surface area contributed by atoms with Crippen molar-refractivity contribution in [1.29, 1.82) is 0 Å². The Morgan fingerprint density at radius 2 is 1.74 bits per heavy atom. The number of imidazole rings is 1. The third-order valence-electron chi connectivity index (χ3n) is 6.11. The number of piperidine rings is 1. The van der Waals surface area contributed by atoms with Gasteiger partial charge in [-0.05, 0) is 31.9 Å². The van der Waals surface area contributed by atoms with Gasteiger partial charge >= 0.3 is 0 Å². The normalized spacial score (nSPS) is 19.1. The standard InChI is InChI=1S/C20H27ClN6O3S/c1-15-22-19(14-24(15)2)31(29,30)27-8-6-16(7-9-27)20(28)26-12-10-25(11-13-26)18-5-3-4-17(21)23-18/h3-5,14,16H,6-13H2,1-2H3. The smallest absolute Gasteiger partial charge is 0.262 e. The van der Waals surface area contributed by atoms with Crippen LogP contribution in [-0.4, -0.2) is 77.3 Å². The Balaban J connectivity index is 1.31. The summed E-state index contributed by atoms with van der Waals surface area (Å²) in [5.41, 5.74) is 0. The molecule has 4 rings (SSSR count). The maximum atomic E-state index is 13.0. The number of aryl methyl sites for hydroxylation is 2. The van der Waals surface area contributed by atoms with E-state index in [1.807, 2.05) is 17.0 Å². The SMILES string of the molecule is Cc1nc(S(=O)(=O)N2CCC(C(=O)N3CCN(c4cccc(Cl)n4)CC3)CC2)cn1C.